The molecule has 1 spiro atoms. The number of aromatic nitrogens is 3. The molecule has 0 bridgehead atoms. The molecule has 5 rings (SSSR count). The average molecular weight is 411 g/mol. The fourth-order valence-corrected chi connectivity index (χ4v) is 5.21. The Hall–Kier alpha value is -2.12. The third-order valence-corrected chi connectivity index (χ3v) is 7.09. The summed E-state index contributed by atoms with van der Waals surface area (Å²) in [5, 5.41) is 9.56. The minimum Gasteiger partial charge on any atom is -0.381 e. The van der Waals surface area contributed by atoms with Gasteiger partial charge in [0.05, 0.1) is 23.0 Å². The van der Waals surface area contributed by atoms with Gasteiger partial charge in [-0.05, 0) is 52.5 Å². The van der Waals surface area contributed by atoms with Crippen molar-refractivity contribution in [2.75, 3.05) is 18.4 Å². The Labute approximate surface area is 178 Å². The number of piperidine rings is 1. The Morgan fingerprint density at radius 1 is 1.23 bits per heavy atom. The molecule has 0 aromatic carbocycles. The highest BCUT2D eigenvalue weighted by atomic mass is 16.7. The van der Waals surface area contributed by atoms with Gasteiger partial charge in [-0.2, -0.15) is 5.10 Å². The predicted octanol–water partition coefficient (Wildman–Crippen LogP) is 3.92. The number of pyridine rings is 1. The summed E-state index contributed by atoms with van der Waals surface area (Å²) in [5.41, 5.74) is 7.31. The number of likely N-dealkylation sites (tertiary alicyclic amines) is 1. The first-order valence-electron chi connectivity index (χ1n) is 11.6. The zero-order chi connectivity index (χ0) is 20.7. The molecular weight excluding hydrogens is 376 g/mol. The van der Waals surface area contributed by atoms with Gasteiger partial charge in [0.2, 0.25) is 0 Å². The fourth-order valence-electron chi connectivity index (χ4n) is 5.21. The summed E-state index contributed by atoms with van der Waals surface area (Å²) in [6.07, 6.45) is 13.2. The van der Waals surface area contributed by atoms with E-state index in [0.29, 0.717) is 12.1 Å². The van der Waals surface area contributed by atoms with E-state index in [2.05, 4.69) is 47.6 Å². The molecule has 2 N–H and O–H groups in total. The summed E-state index contributed by atoms with van der Waals surface area (Å²) in [5.74, 6) is 0. The van der Waals surface area contributed by atoms with Crippen molar-refractivity contribution in [3.05, 3.63) is 24.0 Å². The van der Waals surface area contributed by atoms with Gasteiger partial charge in [-0.15, -0.1) is 0 Å². The van der Waals surface area contributed by atoms with Crippen molar-refractivity contribution in [2.24, 2.45) is 0 Å². The van der Waals surface area contributed by atoms with E-state index in [1.165, 1.54) is 12.8 Å². The maximum atomic E-state index is 6.07. The van der Waals surface area contributed by atoms with Crippen LogP contribution >= 0.6 is 0 Å². The second-order valence-electron chi connectivity index (χ2n) is 9.33. The zero-order valence-electron chi connectivity index (χ0n) is 18.4. The predicted molar refractivity (Wildman–Crippen MR) is 120 cm³/mol. The van der Waals surface area contributed by atoms with Gasteiger partial charge in [-0.1, -0.05) is 12.8 Å². The maximum Gasteiger partial charge on any atom is 0.159 e. The van der Waals surface area contributed by atoms with Crippen LogP contribution in [-0.2, 0) is 11.4 Å². The van der Waals surface area contributed by atoms with Crippen LogP contribution in [0.25, 0.3) is 16.7 Å². The zero-order valence-corrected chi connectivity index (χ0v) is 18.4. The molecule has 162 valence electrons. The number of anilines is 1. The highest BCUT2D eigenvalue weighted by Gasteiger charge is 2.39. The lowest BCUT2D eigenvalue weighted by atomic mass is 9.98. The van der Waals surface area contributed by atoms with Crippen molar-refractivity contribution in [1.82, 2.24) is 25.1 Å². The first-order chi connectivity index (χ1) is 14.6. The van der Waals surface area contributed by atoms with E-state index < -0.39 is 0 Å². The van der Waals surface area contributed by atoms with Gasteiger partial charge >= 0.3 is 0 Å². The molecule has 0 amide bonds. The molecule has 7 heteroatoms. The number of rotatable bonds is 5. The van der Waals surface area contributed by atoms with E-state index in [0.717, 1.165) is 73.3 Å². The van der Waals surface area contributed by atoms with Crippen LogP contribution in [-0.4, -0.2) is 50.4 Å². The SMILES string of the molecule is CCn1ncc2c(NC3CCN(C(C)C)CC3)c(C3=CC4(CCCC4)ON3)cnc21. The van der Waals surface area contributed by atoms with Gasteiger partial charge in [0, 0.05) is 43.5 Å². The van der Waals surface area contributed by atoms with Crippen LogP contribution in [0.3, 0.4) is 0 Å². The molecule has 2 aliphatic heterocycles. The van der Waals surface area contributed by atoms with Gasteiger partial charge in [0.25, 0.3) is 0 Å². The molecule has 2 fully saturated rings. The average Bonchev–Trinajstić information content (AvgIpc) is 3.49. The Balaban J connectivity index is 1.49. The molecule has 3 aliphatic rings. The van der Waals surface area contributed by atoms with Crippen molar-refractivity contribution < 1.29 is 4.84 Å². The van der Waals surface area contributed by atoms with E-state index in [1.807, 2.05) is 17.1 Å². The van der Waals surface area contributed by atoms with E-state index in [1.54, 1.807) is 0 Å². The smallest absolute Gasteiger partial charge is 0.159 e. The second-order valence-corrected chi connectivity index (χ2v) is 9.33. The van der Waals surface area contributed by atoms with Crippen LogP contribution in [0.2, 0.25) is 0 Å². The molecule has 2 aromatic heterocycles. The topological polar surface area (TPSA) is 67.2 Å². The Bertz CT molecular complexity index is 935. The minimum absolute atomic E-state index is 0.141. The van der Waals surface area contributed by atoms with Crippen LogP contribution in [0.4, 0.5) is 5.69 Å². The van der Waals surface area contributed by atoms with Crippen LogP contribution in [0.1, 0.15) is 64.9 Å². The lowest BCUT2D eigenvalue weighted by Gasteiger charge is -2.35. The number of fused-ring (bicyclic) bond motifs is 1. The summed E-state index contributed by atoms with van der Waals surface area (Å²) in [7, 11) is 0. The molecule has 1 aliphatic carbocycles. The van der Waals surface area contributed by atoms with Gasteiger partial charge < -0.3 is 10.2 Å². The van der Waals surface area contributed by atoms with Crippen molar-refractivity contribution in [1.29, 1.82) is 0 Å². The number of aryl methyl sites for hydroxylation is 1. The van der Waals surface area contributed by atoms with Crippen molar-refractivity contribution in [3.8, 4) is 0 Å². The van der Waals surface area contributed by atoms with E-state index in [4.69, 9.17) is 9.82 Å². The molecule has 0 radical (unpaired) electrons. The first-order valence-corrected chi connectivity index (χ1v) is 11.6. The number of nitrogens with zero attached hydrogens (tertiary/aromatic N) is 4. The fraction of sp³-hybridized carbons (Fsp3) is 0.652. The summed E-state index contributed by atoms with van der Waals surface area (Å²) >= 11 is 0. The van der Waals surface area contributed by atoms with Gasteiger partial charge in [-0.3, -0.25) is 10.3 Å². The highest BCUT2D eigenvalue weighted by molar-refractivity contribution is 5.95. The lowest BCUT2D eigenvalue weighted by molar-refractivity contribution is -0.0289. The minimum atomic E-state index is -0.141. The maximum absolute atomic E-state index is 6.07. The Morgan fingerprint density at radius 3 is 2.70 bits per heavy atom. The molecule has 1 saturated heterocycles. The van der Waals surface area contributed by atoms with Crippen LogP contribution in [0.5, 0.6) is 0 Å². The van der Waals surface area contributed by atoms with E-state index >= 15 is 0 Å². The standard InChI is InChI=1S/C23H34N6O/c1-4-29-22-19(15-25-29)21(26-17-7-11-28(12-8-17)16(2)3)18(14-24-22)20-13-23(30-27-20)9-5-6-10-23/h13-17,27H,4-12H2,1-3H3,(H,24,26). The molecular formula is C23H34N6O. The van der Waals surface area contributed by atoms with Crippen molar-refractivity contribution in [2.45, 2.75) is 83.5 Å². The number of hydrogen-bond donors (Lipinski definition) is 2. The van der Waals surface area contributed by atoms with E-state index in [-0.39, 0.29) is 5.60 Å². The van der Waals surface area contributed by atoms with Gasteiger partial charge in [0.1, 0.15) is 5.60 Å². The van der Waals surface area contributed by atoms with Crippen molar-refractivity contribution in [3.63, 3.8) is 0 Å². The Morgan fingerprint density at radius 2 is 2.00 bits per heavy atom. The quantitative estimate of drug-likeness (QED) is 0.779. The van der Waals surface area contributed by atoms with Gasteiger partial charge in [-0.25, -0.2) is 9.67 Å². The molecule has 1 saturated carbocycles. The molecule has 30 heavy (non-hydrogen) atoms. The summed E-state index contributed by atoms with van der Waals surface area (Å²) in [4.78, 5) is 13.4. The Kier molecular flexibility index (Phi) is 5.19. The van der Waals surface area contributed by atoms with Crippen LogP contribution < -0.4 is 10.8 Å². The van der Waals surface area contributed by atoms with E-state index in [9.17, 15) is 0 Å². The number of nitrogens with one attached hydrogen (secondary N) is 2. The highest BCUT2D eigenvalue weighted by Crippen LogP contribution is 2.41. The third kappa shape index (κ3) is 3.48. The largest absolute Gasteiger partial charge is 0.381 e. The summed E-state index contributed by atoms with van der Waals surface area (Å²) in [6, 6.07) is 1.07. The molecule has 7 nitrogen and oxygen atoms in total. The summed E-state index contributed by atoms with van der Waals surface area (Å²) < 4.78 is 1.97. The molecule has 0 unspecified atom stereocenters. The molecule has 4 heterocycles. The third-order valence-electron chi connectivity index (χ3n) is 7.09. The van der Waals surface area contributed by atoms with Gasteiger partial charge in [0.15, 0.2) is 5.65 Å². The molecule has 2 aromatic rings. The summed E-state index contributed by atoms with van der Waals surface area (Å²) in [6.45, 7) is 9.77. The normalized spacial score (nSPS) is 22.2. The van der Waals surface area contributed by atoms with Crippen molar-refractivity contribution >= 4 is 22.4 Å². The van der Waals surface area contributed by atoms with Crippen LogP contribution in [0.15, 0.2) is 18.5 Å². The second kappa shape index (κ2) is 7.85. The first kappa shape index (κ1) is 19.8. The number of hydroxylamine groups is 1. The number of hydrogen-bond acceptors (Lipinski definition) is 6. The van der Waals surface area contributed by atoms with Crippen LogP contribution in [0, 0.1) is 0 Å². The molecule has 0 atom stereocenters. The monoisotopic (exact) mass is 410 g/mol. The lowest BCUT2D eigenvalue weighted by Crippen LogP contribution is -2.42.